The number of amides is 1. The van der Waals surface area contributed by atoms with Gasteiger partial charge in [-0.1, -0.05) is 19.1 Å². The molecule has 3 nitrogen and oxygen atoms in total. The maximum Gasteiger partial charge on any atom is 0.416 e. The zero-order valence-electron chi connectivity index (χ0n) is 14.0. The van der Waals surface area contributed by atoms with E-state index in [1.54, 1.807) is 18.2 Å². The van der Waals surface area contributed by atoms with Gasteiger partial charge in [0.1, 0.15) is 5.75 Å². The molecule has 0 heterocycles. The number of carbonyl (C=O) groups is 1. The fraction of sp³-hybridized carbons (Fsp3) is 0.278. The van der Waals surface area contributed by atoms with Crippen LogP contribution in [0.25, 0.3) is 0 Å². The summed E-state index contributed by atoms with van der Waals surface area (Å²) in [5.41, 5.74) is -2.69. The molecule has 0 saturated heterocycles. The normalized spacial score (nSPS) is 12.0. The summed E-state index contributed by atoms with van der Waals surface area (Å²) in [6.45, 7) is 1.35. The lowest BCUT2D eigenvalue weighted by molar-refractivity contribution is -0.143. The molecule has 0 aliphatic heterocycles. The summed E-state index contributed by atoms with van der Waals surface area (Å²) in [7, 11) is 0. The number of carbonyl (C=O) groups excluding carboxylic acids is 1. The van der Waals surface area contributed by atoms with E-state index < -0.39 is 41.7 Å². The van der Waals surface area contributed by atoms with Gasteiger partial charge in [-0.05, 0) is 42.3 Å². The highest BCUT2D eigenvalue weighted by Crippen LogP contribution is 2.37. The number of hydrogen-bond donors (Lipinski definition) is 1. The third-order valence-corrected chi connectivity index (χ3v) is 3.55. The molecule has 2 aromatic rings. The largest absolute Gasteiger partial charge is 0.484 e. The van der Waals surface area contributed by atoms with Crippen LogP contribution in [0.1, 0.15) is 23.6 Å². The second-order valence-corrected chi connectivity index (χ2v) is 5.63. The highest BCUT2D eigenvalue weighted by molar-refractivity contribution is 5.92. The van der Waals surface area contributed by atoms with E-state index in [2.05, 4.69) is 0 Å². The van der Waals surface area contributed by atoms with Gasteiger partial charge in [0.05, 0.1) is 11.1 Å². The number of rotatable bonds is 5. The van der Waals surface area contributed by atoms with E-state index in [-0.39, 0.29) is 6.07 Å². The van der Waals surface area contributed by atoms with E-state index >= 15 is 0 Å². The molecule has 0 fully saturated rings. The molecule has 0 radical (unpaired) electrons. The average Bonchev–Trinajstić information content (AvgIpc) is 2.58. The predicted molar refractivity (Wildman–Crippen MR) is 86.4 cm³/mol. The molecule has 1 amide bonds. The van der Waals surface area contributed by atoms with Gasteiger partial charge in [0.25, 0.3) is 5.91 Å². The van der Waals surface area contributed by atoms with E-state index in [9.17, 15) is 31.1 Å². The Kier molecular flexibility index (Phi) is 6.02. The van der Waals surface area contributed by atoms with Crippen LogP contribution < -0.4 is 10.1 Å². The number of anilines is 1. The second-order valence-electron chi connectivity index (χ2n) is 5.63. The van der Waals surface area contributed by atoms with Gasteiger partial charge in [-0.25, -0.2) is 0 Å². The van der Waals surface area contributed by atoms with Crippen LogP contribution >= 0.6 is 0 Å². The second kappa shape index (κ2) is 7.89. The molecule has 0 atom stereocenters. The lowest BCUT2D eigenvalue weighted by Gasteiger charge is -2.15. The van der Waals surface area contributed by atoms with Gasteiger partial charge in [-0.2, -0.15) is 26.3 Å². The van der Waals surface area contributed by atoms with Crippen molar-refractivity contribution in [2.75, 3.05) is 11.9 Å². The van der Waals surface area contributed by atoms with Gasteiger partial charge < -0.3 is 10.1 Å². The Morgan fingerprint density at radius 3 is 2.07 bits per heavy atom. The number of aryl methyl sites for hydroxylation is 1. The summed E-state index contributed by atoms with van der Waals surface area (Å²) in [5, 5.41) is 2.00. The Morgan fingerprint density at radius 1 is 0.963 bits per heavy atom. The molecular weight excluding hydrogens is 376 g/mol. The molecule has 1 N–H and O–H groups in total. The number of hydrogen-bond acceptors (Lipinski definition) is 2. The summed E-state index contributed by atoms with van der Waals surface area (Å²) < 4.78 is 82.1. The first kappa shape index (κ1) is 20.6. The average molecular weight is 391 g/mol. The molecule has 0 spiro atoms. The van der Waals surface area contributed by atoms with Crippen LogP contribution in [0.5, 0.6) is 5.75 Å². The third kappa shape index (κ3) is 5.90. The van der Waals surface area contributed by atoms with Crippen molar-refractivity contribution < 1.29 is 35.9 Å². The fourth-order valence-electron chi connectivity index (χ4n) is 2.23. The topological polar surface area (TPSA) is 38.3 Å². The SMILES string of the molecule is CCc1cccc(OCC(=O)Nc2cc(C(F)(F)F)cc(C(F)(F)F)c2)c1. The third-order valence-electron chi connectivity index (χ3n) is 3.55. The standard InChI is InChI=1S/C18H15F6NO2/c1-2-11-4-3-5-15(6-11)27-10-16(26)25-14-8-12(17(19,20)21)7-13(9-14)18(22,23)24/h3-9H,2,10H2,1H3,(H,25,26). The molecule has 0 aliphatic rings. The predicted octanol–water partition coefficient (Wildman–Crippen LogP) is 5.30. The molecule has 2 aromatic carbocycles. The number of benzene rings is 2. The van der Waals surface area contributed by atoms with Crippen LogP contribution in [0.3, 0.4) is 0 Å². The maximum absolute atomic E-state index is 12.8. The quantitative estimate of drug-likeness (QED) is 0.702. The van der Waals surface area contributed by atoms with Crippen molar-refractivity contribution in [1.82, 2.24) is 0 Å². The van der Waals surface area contributed by atoms with Crippen molar-refractivity contribution in [2.24, 2.45) is 0 Å². The molecule has 0 bridgehead atoms. The van der Waals surface area contributed by atoms with E-state index in [1.807, 2.05) is 18.3 Å². The van der Waals surface area contributed by atoms with E-state index in [1.165, 1.54) is 0 Å². The molecule has 0 saturated carbocycles. The van der Waals surface area contributed by atoms with Crippen molar-refractivity contribution in [3.8, 4) is 5.75 Å². The van der Waals surface area contributed by atoms with Crippen molar-refractivity contribution in [1.29, 1.82) is 0 Å². The van der Waals surface area contributed by atoms with Crippen molar-refractivity contribution >= 4 is 11.6 Å². The molecule has 27 heavy (non-hydrogen) atoms. The minimum atomic E-state index is -4.99. The summed E-state index contributed by atoms with van der Waals surface area (Å²) in [6.07, 6.45) is -9.25. The van der Waals surface area contributed by atoms with Crippen molar-refractivity contribution in [3.63, 3.8) is 0 Å². The highest BCUT2D eigenvalue weighted by Gasteiger charge is 2.37. The smallest absolute Gasteiger partial charge is 0.416 e. The van der Waals surface area contributed by atoms with Gasteiger partial charge in [0.15, 0.2) is 6.61 Å². The van der Waals surface area contributed by atoms with Gasteiger partial charge in [0.2, 0.25) is 0 Å². The minimum absolute atomic E-state index is 0.0115. The van der Waals surface area contributed by atoms with Gasteiger partial charge in [-0.3, -0.25) is 4.79 Å². The maximum atomic E-state index is 12.8. The van der Waals surface area contributed by atoms with Crippen LogP contribution in [0.15, 0.2) is 42.5 Å². The first-order valence-corrected chi connectivity index (χ1v) is 7.80. The Morgan fingerprint density at radius 2 is 1.56 bits per heavy atom. The van der Waals surface area contributed by atoms with Crippen LogP contribution in [-0.2, 0) is 23.6 Å². The van der Waals surface area contributed by atoms with Crippen molar-refractivity contribution in [2.45, 2.75) is 25.7 Å². The lowest BCUT2D eigenvalue weighted by Crippen LogP contribution is -2.21. The first-order valence-electron chi connectivity index (χ1n) is 7.80. The molecular formula is C18H15F6NO2. The molecule has 0 aliphatic carbocycles. The lowest BCUT2D eigenvalue weighted by atomic mass is 10.1. The molecule has 2 rings (SSSR count). The molecule has 0 unspecified atom stereocenters. The monoisotopic (exact) mass is 391 g/mol. The highest BCUT2D eigenvalue weighted by atomic mass is 19.4. The Bertz CT molecular complexity index is 782. The number of nitrogens with one attached hydrogen (secondary N) is 1. The van der Waals surface area contributed by atoms with Crippen LogP contribution in [0.2, 0.25) is 0 Å². The summed E-state index contributed by atoms with van der Waals surface area (Å²) in [6, 6.07) is 7.67. The molecule has 0 aromatic heterocycles. The molecule has 146 valence electrons. The summed E-state index contributed by atoms with van der Waals surface area (Å²) in [5.74, 6) is -0.520. The number of halogens is 6. The van der Waals surface area contributed by atoms with Gasteiger partial charge >= 0.3 is 12.4 Å². The van der Waals surface area contributed by atoms with E-state index in [0.717, 1.165) is 12.0 Å². The van der Waals surface area contributed by atoms with Crippen LogP contribution in [0.4, 0.5) is 32.0 Å². The zero-order chi connectivity index (χ0) is 20.2. The Labute approximate surface area is 150 Å². The van der Waals surface area contributed by atoms with Crippen molar-refractivity contribution in [3.05, 3.63) is 59.2 Å². The van der Waals surface area contributed by atoms with Gasteiger partial charge in [-0.15, -0.1) is 0 Å². The van der Waals surface area contributed by atoms with Crippen LogP contribution in [0, 0.1) is 0 Å². The summed E-state index contributed by atoms with van der Waals surface area (Å²) in [4.78, 5) is 11.9. The number of alkyl halides is 6. The Hall–Kier alpha value is -2.71. The molecule has 9 heteroatoms. The Balaban J connectivity index is 2.14. The van der Waals surface area contributed by atoms with E-state index in [4.69, 9.17) is 4.74 Å². The first-order chi connectivity index (χ1) is 12.5. The van der Waals surface area contributed by atoms with Gasteiger partial charge in [0, 0.05) is 5.69 Å². The zero-order valence-corrected chi connectivity index (χ0v) is 14.0. The minimum Gasteiger partial charge on any atom is -0.484 e. The van der Waals surface area contributed by atoms with Crippen LogP contribution in [-0.4, -0.2) is 12.5 Å². The fourth-order valence-corrected chi connectivity index (χ4v) is 2.23. The summed E-state index contributed by atoms with van der Waals surface area (Å²) >= 11 is 0. The van der Waals surface area contributed by atoms with E-state index in [0.29, 0.717) is 17.9 Å². The number of ether oxygens (including phenoxy) is 1.